The van der Waals surface area contributed by atoms with E-state index in [1.165, 1.54) is 0 Å². The van der Waals surface area contributed by atoms with Crippen molar-refractivity contribution in [3.05, 3.63) is 35.1 Å². The van der Waals surface area contributed by atoms with Crippen LogP contribution in [0.3, 0.4) is 0 Å². The van der Waals surface area contributed by atoms with Crippen LogP contribution in [0.5, 0.6) is 0 Å². The lowest BCUT2D eigenvalue weighted by Gasteiger charge is -2.19. The van der Waals surface area contributed by atoms with E-state index in [0.29, 0.717) is 25.0 Å². The van der Waals surface area contributed by atoms with Crippen molar-refractivity contribution < 1.29 is 23.1 Å². The summed E-state index contributed by atoms with van der Waals surface area (Å²) in [6, 6.07) is 1.22. The minimum atomic E-state index is -1.06. The topological polar surface area (TPSA) is 49.3 Å². The molecule has 104 valence electrons. The molecule has 0 atom stereocenters. The van der Waals surface area contributed by atoms with Crippen LogP contribution >= 0.6 is 0 Å². The Kier molecular flexibility index (Phi) is 3.80. The Labute approximate surface area is 108 Å². The molecule has 0 saturated heterocycles. The van der Waals surface area contributed by atoms with Gasteiger partial charge < -0.3 is 10.4 Å². The molecule has 0 unspecified atom stereocenters. The number of hydrogen-bond acceptors (Lipinski definition) is 2. The number of aliphatic hydroxyl groups is 1. The normalized spacial score (nSPS) is 16.2. The molecule has 2 rings (SSSR count). The van der Waals surface area contributed by atoms with E-state index in [9.17, 15) is 18.0 Å². The molecule has 0 aromatic heterocycles. The fourth-order valence-corrected chi connectivity index (χ4v) is 2.13. The first-order valence-corrected chi connectivity index (χ1v) is 6.05. The van der Waals surface area contributed by atoms with Crippen LogP contribution in [0.1, 0.15) is 31.2 Å². The van der Waals surface area contributed by atoms with Gasteiger partial charge in [0.25, 0.3) is 0 Å². The number of benzene rings is 1. The first kappa shape index (κ1) is 13.9. The molecule has 1 aromatic rings. The van der Waals surface area contributed by atoms with Gasteiger partial charge in [-0.25, -0.2) is 13.2 Å². The molecule has 1 aromatic carbocycles. The summed E-state index contributed by atoms with van der Waals surface area (Å²) in [5.74, 6) is -3.34. The largest absolute Gasteiger partial charge is 0.396 e. The monoisotopic (exact) mass is 273 g/mol. The highest BCUT2D eigenvalue weighted by Gasteiger charge is 2.49. The smallest absolute Gasteiger partial charge is 0.220 e. The average molecular weight is 273 g/mol. The van der Waals surface area contributed by atoms with Gasteiger partial charge in [-0.1, -0.05) is 0 Å². The third-order valence-corrected chi connectivity index (χ3v) is 3.18. The number of carbonyl (C=O) groups is 1. The van der Waals surface area contributed by atoms with Crippen LogP contribution < -0.4 is 5.32 Å². The summed E-state index contributed by atoms with van der Waals surface area (Å²) in [6.45, 7) is -0.125. The summed E-state index contributed by atoms with van der Waals surface area (Å²) in [6.07, 6.45) is 1.20. The Morgan fingerprint density at radius 1 is 1.26 bits per heavy atom. The summed E-state index contributed by atoms with van der Waals surface area (Å²) in [5, 5.41) is 11.2. The second-order valence-electron chi connectivity index (χ2n) is 4.70. The van der Waals surface area contributed by atoms with Crippen molar-refractivity contribution in [1.82, 2.24) is 5.32 Å². The number of amides is 1. The Hall–Kier alpha value is -1.56. The second-order valence-corrected chi connectivity index (χ2v) is 4.70. The highest BCUT2D eigenvalue weighted by atomic mass is 19.1. The predicted molar refractivity (Wildman–Crippen MR) is 61.7 cm³/mol. The molecule has 1 saturated carbocycles. The van der Waals surface area contributed by atoms with Crippen LogP contribution in [0, 0.1) is 17.5 Å². The van der Waals surface area contributed by atoms with Crippen molar-refractivity contribution >= 4 is 5.91 Å². The van der Waals surface area contributed by atoms with E-state index in [1.807, 2.05) is 0 Å². The Morgan fingerprint density at radius 2 is 1.84 bits per heavy atom. The maximum atomic E-state index is 13.7. The zero-order valence-corrected chi connectivity index (χ0v) is 10.2. The van der Waals surface area contributed by atoms with Crippen LogP contribution in [0.2, 0.25) is 0 Å². The van der Waals surface area contributed by atoms with Gasteiger partial charge in [0, 0.05) is 30.7 Å². The lowest BCUT2D eigenvalue weighted by molar-refractivity contribution is -0.122. The van der Waals surface area contributed by atoms with Gasteiger partial charge in [-0.2, -0.15) is 0 Å². The van der Waals surface area contributed by atoms with E-state index in [0.717, 1.165) is 0 Å². The molecule has 1 aliphatic carbocycles. The van der Waals surface area contributed by atoms with Crippen molar-refractivity contribution in [2.24, 2.45) is 0 Å². The number of halogens is 3. The standard InChI is InChI=1S/C13H14F3NO2/c14-8-6-9(15)12(10(16)7-8)13(3-4-13)17-11(19)2-1-5-18/h6-7,18H,1-5H2,(H,17,19). The highest BCUT2D eigenvalue weighted by Crippen LogP contribution is 2.47. The fourth-order valence-electron chi connectivity index (χ4n) is 2.13. The highest BCUT2D eigenvalue weighted by molar-refractivity contribution is 5.77. The zero-order valence-electron chi connectivity index (χ0n) is 10.2. The minimum Gasteiger partial charge on any atom is -0.396 e. The quantitative estimate of drug-likeness (QED) is 0.862. The van der Waals surface area contributed by atoms with E-state index in [1.54, 1.807) is 0 Å². The van der Waals surface area contributed by atoms with Gasteiger partial charge in [0.05, 0.1) is 5.54 Å². The summed E-state index contributed by atoms with van der Waals surface area (Å²) in [5.41, 5.74) is -1.35. The molecule has 1 amide bonds. The molecule has 1 fully saturated rings. The predicted octanol–water partition coefficient (Wildman–Crippen LogP) is 1.98. The van der Waals surface area contributed by atoms with Crippen molar-refractivity contribution in [2.45, 2.75) is 31.2 Å². The Balaban J connectivity index is 2.19. The first-order valence-electron chi connectivity index (χ1n) is 6.05. The third-order valence-electron chi connectivity index (χ3n) is 3.18. The number of carbonyl (C=O) groups excluding carboxylic acids is 1. The van der Waals surface area contributed by atoms with Crippen molar-refractivity contribution in [1.29, 1.82) is 0 Å². The number of rotatable bonds is 5. The van der Waals surface area contributed by atoms with Crippen molar-refractivity contribution in [2.75, 3.05) is 6.61 Å². The molecule has 1 aliphatic rings. The lowest BCUT2D eigenvalue weighted by Crippen LogP contribution is -2.36. The van der Waals surface area contributed by atoms with Gasteiger partial charge in [-0.05, 0) is 19.3 Å². The second kappa shape index (κ2) is 5.21. The lowest BCUT2D eigenvalue weighted by atomic mass is 10.0. The molecule has 19 heavy (non-hydrogen) atoms. The molecule has 0 spiro atoms. The van der Waals surface area contributed by atoms with E-state index in [4.69, 9.17) is 5.11 Å². The SMILES string of the molecule is O=C(CCCO)NC1(c2c(F)cc(F)cc2F)CC1. The molecule has 6 heteroatoms. The van der Waals surface area contributed by atoms with Crippen LogP contribution in [-0.4, -0.2) is 17.6 Å². The molecular weight excluding hydrogens is 259 g/mol. The van der Waals surface area contributed by atoms with E-state index in [2.05, 4.69) is 5.32 Å². The van der Waals surface area contributed by atoms with Gasteiger partial charge in [0.2, 0.25) is 5.91 Å². The van der Waals surface area contributed by atoms with Gasteiger partial charge in [0.15, 0.2) is 0 Å². The van der Waals surface area contributed by atoms with Crippen LogP contribution in [0.15, 0.2) is 12.1 Å². The van der Waals surface area contributed by atoms with E-state index < -0.39 is 23.0 Å². The van der Waals surface area contributed by atoms with Crippen LogP contribution in [0.25, 0.3) is 0 Å². The molecule has 3 nitrogen and oxygen atoms in total. The molecule has 0 aliphatic heterocycles. The van der Waals surface area contributed by atoms with Crippen molar-refractivity contribution in [3.63, 3.8) is 0 Å². The summed E-state index contributed by atoms with van der Waals surface area (Å²) < 4.78 is 40.2. The molecule has 0 radical (unpaired) electrons. The minimum absolute atomic E-state index is 0.0860. The maximum Gasteiger partial charge on any atom is 0.220 e. The van der Waals surface area contributed by atoms with E-state index >= 15 is 0 Å². The third kappa shape index (κ3) is 2.89. The van der Waals surface area contributed by atoms with Gasteiger partial charge in [-0.15, -0.1) is 0 Å². The number of aliphatic hydroxyl groups excluding tert-OH is 1. The summed E-state index contributed by atoms with van der Waals surface area (Å²) in [7, 11) is 0. The number of nitrogens with one attached hydrogen (secondary N) is 1. The fraction of sp³-hybridized carbons (Fsp3) is 0.462. The van der Waals surface area contributed by atoms with Crippen LogP contribution in [0.4, 0.5) is 13.2 Å². The van der Waals surface area contributed by atoms with E-state index in [-0.39, 0.29) is 30.9 Å². The summed E-state index contributed by atoms with van der Waals surface area (Å²) >= 11 is 0. The molecule has 0 heterocycles. The van der Waals surface area contributed by atoms with Gasteiger partial charge in [-0.3, -0.25) is 4.79 Å². The average Bonchev–Trinajstić information content (AvgIpc) is 3.05. The molecule has 2 N–H and O–H groups in total. The number of hydrogen-bond donors (Lipinski definition) is 2. The zero-order chi connectivity index (χ0) is 14.0. The van der Waals surface area contributed by atoms with Gasteiger partial charge in [0.1, 0.15) is 17.5 Å². The van der Waals surface area contributed by atoms with Crippen molar-refractivity contribution in [3.8, 4) is 0 Å². The summed E-state index contributed by atoms with van der Waals surface area (Å²) in [4.78, 5) is 11.6. The van der Waals surface area contributed by atoms with Gasteiger partial charge >= 0.3 is 0 Å². The maximum absolute atomic E-state index is 13.7. The molecular formula is C13H14F3NO2. The van der Waals surface area contributed by atoms with Crippen LogP contribution in [-0.2, 0) is 10.3 Å². The Bertz CT molecular complexity index is 478. The Morgan fingerprint density at radius 3 is 2.32 bits per heavy atom. The molecule has 0 bridgehead atoms. The first-order chi connectivity index (χ1) is 8.98.